The van der Waals surface area contributed by atoms with Gasteiger partial charge < -0.3 is 10.6 Å². The van der Waals surface area contributed by atoms with E-state index in [0.29, 0.717) is 0 Å². The first-order valence-electron chi connectivity index (χ1n) is 6.77. The second kappa shape index (κ2) is 8.05. The molecule has 0 radical (unpaired) electrons. The van der Waals surface area contributed by atoms with Crippen molar-refractivity contribution in [1.82, 2.24) is 10.3 Å². The van der Waals surface area contributed by atoms with Gasteiger partial charge in [0.1, 0.15) is 5.01 Å². The van der Waals surface area contributed by atoms with Gasteiger partial charge >= 0.3 is 6.03 Å². The summed E-state index contributed by atoms with van der Waals surface area (Å²) in [6.45, 7) is 2.03. The normalized spacial score (nSPS) is 11.9. The Bertz CT molecular complexity index is 572. The third-order valence-electron chi connectivity index (χ3n) is 2.96. The Kier molecular flexibility index (Phi) is 6.07. The number of aromatic nitrogens is 1. The maximum atomic E-state index is 12.1. The van der Waals surface area contributed by atoms with Crippen molar-refractivity contribution in [3.05, 3.63) is 46.4 Å². The largest absolute Gasteiger partial charge is 0.329 e. The first kappa shape index (κ1) is 15.9. The number of hydrogen-bond donors (Lipinski definition) is 2. The monoisotopic (exact) mass is 321 g/mol. The highest BCUT2D eigenvalue weighted by molar-refractivity contribution is 7.97. The number of amides is 2. The van der Waals surface area contributed by atoms with E-state index in [1.54, 1.807) is 29.3 Å². The smallest absolute Gasteiger partial charge is 0.319 e. The number of thiazole rings is 1. The zero-order valence-corrected chi connectivity index (χ0v) is 13.8. The van der Waals surface area contributed by atoms with Gasteiger partial charge in [-0.2, -0.15) is 11.8 Å². The number of nitrogens with one attached hydrogen (secondary N) is 2. The fraction of sp³-hybridized carbons (Fsp3) is 0.333. The summed E-state index contributed by atoms with van der Waals surface area (Å²) in [6.07, 6.45) is 4.63. The molecule has 0 saturated carbocycles. The SMILES string of the molecule is CC[C@H](NC(=O)Nc1cccc(CSC)c1)c1nccs1. The summed E-state index contributed by atoms with van der Waals surface area (Å²) in [7, 11) is 0. The van der Waals surface area contributed by atoms with E-state index in [2.05, 4.69) is 27.9 Å². The fourth-order valence-electron chi connectivity index (χ4n) is 1.98. The van der Waals surface area contributed by atoms with Gasteiger partial charge in [0, 0.05) is 23.0 Å². The topological polar surface area (TPSA) is 54.0 Å². The first-order valence-corrected chi connectivity index (χ1v) is 9.05. The number of carbonyl (C=O) groups is 1. The summed E-state index contributed by atoms with van der Waals surface area (Å²) < 4.78 is 0. The number of rotatable bonds is 6. The zero-order chi connectivity index (χ0) is 15.1. The molecule has 2 rings (SSSR count). The van der Waals surface area contributed by atoms with Crippen LogP contribution in [0.5, 0.6) is 0 Å². The Morgan fingerprint density at radius 2 is 2.33 bits per heavy atom. The highest BCUT2D eigenvalue weighted by Gasteiger charge is 2.14. The van der Waals surface area contributed by atoms with Gasteiger partial charge in [0.2, 0.25) is 0 Å². The molecule has 0 unspecified atom stereocenters. The quantitative estimate of drug-likeness (QED) is 0.835. The Morgan fingerprint density at radius 1 is 1.48 bits per heavy atom. The van der Waals surface area contributed by atoms with Gasteiger partial charge in [0.15, 0.2) is 0 Å². The molecule has 1 atom stereocenters. The van der Waals surface area contributed by atoms with Crippen LogP contribution in [0.4, 0.5) is 10.5 Å². The van der Waals surface area contributed by atoms with Crippen molar-refractivity contribution in [3.8, 4) is 0 Å². The van der Waals surface area contributed by atoms with Crippen LogP contribution in [-0.4, -0.2) is 17.3 Å². The molecule has 1 aromatic carbocycles. The van der Waals surface area contributed by atoms with E-state index in [-0.39, 0.29) is 12.1 Å². The minimum absolute atomic E-state index is 0.0422. The molecule has 0 spiro atoms. The van der Waals surface area contributed by atoms with Crippen LogP contribution in [-0.2, 0) is 5.75 Å². The average Bonchev–Trinajstić information content (AvgIpc) is 2.99. The second-order valence-corrected chi connectivity index (χ2v) is 6.36. The summed E-state index contributed by atoms with van der Waals surface area (Å²) in [5.41, 5.74) is 2.01. The number of benzene rings is 1. The molecule has 0 saturated heterocycles. The number of anilines is 1. The lowest BCUT2D eigenvalue weighted by atomic mass is 10.2. The third-order valence-corrected chi connectivity index (χ3v) is 4.47. The molecule has 0 aliphatic carbocycles. The van der Waals surface area contributed by atoms with Gasteiger partial charge in [-0.15, -0.1) is 11.3 Å². The van der Waals surface area contributed by atoms with Crippen LogP contribution in [0, 0.1) is 0 Å². The van der Waals surface area contributed by atoms with Crippen molar-refractivity contribution in [3.63, 3.8) is 0 Å². The van der Waals surface area contributed by atoms with Gasteiger partial charge in [-0.3, -0.25) is 0 Å². The molecule has 21 heavy (non-hydrogen) atoms. The third kappa shape index (κ3) is 4.75. The Labute approximate surface area is 133 Å². The molecule has 2 amide bonds. The van der Waals surface area contributed by atoms with Crippen LogP contribution in [0.1, 0.15) is 30.0 Å². The molecule has 2 aromatic rings. The summed E-state index contributed by atoms with van der Waals surface area (Å²) in [6, 6.07) is 7.68. The van der Waals surface area contributed by atoms with E-state index in [9.17, 15) is 4.79 Å². The number of carbonyl (C=O) groups excluding carboxylic acids is 1. The summed E-state index contributed by atoms with van der Waals surface area (Å²) in [5, 5.41) is 8.70. The molecule has 1 heterocycles. The predicted molar refractivity (Wildman–Crippen MR) is 91.0 cm³/mol. The standard InChI is InChI=1S/C15H19N3OS2/c1-3-13(14-16-7-8-21-14)18-15(19)17-12-6-4-5-11(9-12)10-20-2/h4-9,13H,3,10H2,1-2H3,(H2,17,18,19)/t13-/m0/s1. The van der Waals surface area contributed by atoms with E-state index in [1.165, 1.54) is 5.56 Å². The average molecular weight is 321 g/mol. The number of thioether (sulfide) groups is 1. The molecule has 0 aliphatic rings. The molecule has 2 N–H and O–H groups in total. The van der Waals surface area contributed by atoms with Crippen LogP contribution < -0.4 is 10.6 Å². The van der Waals surface area contributed by atoms with Crippen LogP contribution in [0.25, 0.3) is 0 Å². The molecular weight excluding hydrogens is 302 g/mol. The zero-order valence-electron chi connectivity index (χ0n) is 12.1. The fourth-order valence-corrected chi connectivity index (χ4v) is 3.26. The number of hydrogen-bond acceptors (Lipinski definition) is 4. The summed E-state index contributed by atoms with van der Waals surface area (Å²) in [4.78, 5) is 16.4. The van der Waals surface area contributed by atoms with Crippen LogP contribution in [0.2, 0.25) is 0 Å². The van der Waals surface area contributed by atoms with Gasteiger partial charge in [0.05, 0.1) is 6.04 Å². The Morgan fingerprint density at radius 3 is 3.00 bits per heavy atom. The van der Waals surface area contributed by atoms with Crippen molar-refractivity contribution in [2.75, 3.05) is 11.6 Å². The lowest BCUT2D eigenvalue weighted by molar-refractivity contribution is 0.248. The number of nitrogens with zero attached hydrogens (tertiary/aromatic N) is 1. The predicted octanol–water partition coefficient (Wildman–Crippen LogP) is 4.28. The van der Waals surface area contributed by atoms with Crippen LogP contribution in [0.3, 0.4) is 0 Å². The Balaban J connectivity index is 1.96. The minimum atomic E-state index is -0.196. The van der Waals surface area contributed by atoms with E-state index in [4.69, 9.17) is 0 Å². The molecule has 0 aliphatic heterocycles. The molecule has 4 nitrogen and oxygen atoms in total. The van der Waals surface area contributed by atoms with E-state index in [1.807, 2.05) is 30.5 Å². The van der Waals surface area contributed by atoms with Crippen molar-refractivity contribution >= 4 is 34.8 Å². The molecular formula is C15H19N3OS2. The van der Waals surface area contributed by atoms with Gasteiger partial charge in [-0.05, 0) is 30.4 Å². The van der Waals surface area contributed by atoms with E-state index >= 15 is 0 Å². The second-order valence-electron chi connectivity index (χ2n) is 4.56. The minimum Gasteiger partial charge on any atom is -0.329 e. The van der Waals surface area contributed by atoms with Gasteiger partial charge in [-0.1, -0.05) is 19.1 Å². The molecule has 1 aromatic heterocycles. The highest BCUT2D eigenvalue weighted by Crippen LogP contribution is 2.19. The maximum absolute atomic E-state index is 12.1. The lowest BCUT2D eigenvalue weighted by Crippen LogP contribution is -2.32. The van der Waals surface area contributed by atoms with Crippen LogP contribution in [0.15, 0.2) is 35.8 Å². The lowest BCUT2D eigenvalue weighted by Gasteiger charge is -2.15. The van der Waals surface area contributed by atoms with E-state index < -0.39 is 0 Å². The van der Waals surface area contributed by atoms with Crippen molar-refractivity contribution in [2.45, 2.75) is 25.1 Å². The van der Waals surface area contributed by atoms with Gasteiger partial charge in [-0.25, -0.2) is 9.78 Å². The van der Waals surface area contributed by atoms with Crippen molar-refractivity contribution in [1.29, 1.82) is 0 Å². The maximum Gasteiger partial charge on any atom is 0.319 e. The summed E-state index contributed by atoms with van der Waals surface area (Å²) in [5.74, 6) is 0.938. The highest BCUT2D eigenvalue weighted by atomic mass is 32.2. The number of urea groups is 1. The van der Waals surface area contributed by atoms with E-state index in [0.717, 1.165) is 22.9 Å². The summed E-state index contributed by atoms with van der Waals surface area (Å²) >= 11 is 3.32. The Hall–Kier alpha value is -1.53. The first-order chi connectivity index (χ1) is 10.2. The van der Waals surface area contributed by atoms with Gasteiger partial charge in [0.25, 0.3) is 0 Å². The molecule has 0 bridgehead atoms. The molecule has 0 fully saturated rings. The van der Waals surface area contributed by atoms with Crippen molar-refractivity contribution < 1.29 is 4.79 Å². The van der Waals surface area contributed by atoms with Crippen molar-refractivity contribution in [2.24, 2.45) is 0 Å². The van der Waals surface area contributed by atoms with Crippen LogP contribution >= 0.6 is 23.1 Å². The molecule has 6 heteroatoms. The molecule has 112 valence electrons.